The van der Waals surface area contributed by atoms with Gasteiger partial charge < -0.3 is 9.64 Å². The molecule has 2 aromatic heterocycles. The van der Waals surface area contributed by atoms with Crippen molar-refractivity contribution in [3.05, 3.63) is 54.4 Å². The van der Waals surface area contributed by atoms with E-state index in [4.69, 9.17) is 4.74 Å². The number of piperidine rings is 1. The van der Waals surface area contributed by atoms with Crippen LogP contribution in [0.5, 0.6) is 6.01 Å². The van der Waals surface area contributed by atoms with Gasteiger partial charge in [0.25, 0.3) is 0 Å². The minimum absolute atomic E-state index is 0.0651. The Morgan fingerprint density at radius 2 is 1.69 bits per heavy atom. The summed E-state index contributed by atoms with van der Waals surface area (Å²) in [7, 11) is -3.48. The van der Waals surface area contributed by atoms with E-state index >= 15 is 0 Å². The molecule has 2 atom stereocenters. The molecule has 2 aliphatic rings. The zero-order valence-corrected chi connectivity index (χ0v) is 21.3. The molecule has 2 saturated heterocycles. The molecule has 190 valence electrons. The van der Waals surface area contributed by atoms with Gasteiger partial charge in [0.1, 0.15) is 5.82 Å². The Balaban J connectivity index is 1.19. The summed E-state index contributed by atoms with van der Waals surface area (Å²) in [5.41, 5.74) is 1.87. The molecule has 0 radical (unpaired) electrons. The molecule has 2 bridgehead atoms. The van der Waals surface area contributed by atoms with Gasteiger partial charge in [-0.05, 0) is 55.7 Å². The summed E-state index contributed by atoms with van der Waals surface area (Å²) in [6.45, 7) is 2.68. The summed E-state index contributed by atoms with van der Waals surface area (Å²) < 4.78 is 43.6. The fraction of sp³-hybridized carbons (Fsp3) is 0.462. The lowest BCUT2D eigenvalue weighted by Gasteiger charge is -2.38. The van der Waals surface area contributed by atoms with Crippen molar-refractivity contribution in [1.82, 2.24) is 19.9 Å². The molecule has 2 aliphatic heterocycles. The third kappa shape index (κ3) is 5.18. The van der Waals surface area contributed by atoms with Gasteiger partial charge >= 0.3 is 6.01 Å². The van der Waals surface area contributed by atoms with Gasteiger partial charge in [-0.2, -0.15) is 0 Å². The Morgan fingerprint density at radius 1 is 1.03 bits per heavy atom. The van der Waals surface area contributed by atoms with Gasteiger partial charge in [0, 0.05) is 54.3 Å². The minimum atomic E-state index is -3.48. The third-order valence-electron chi connectivity index (χ3n) is 7.05. The maximum absolute atomic E-state index is 14.5. The van der Waals surface area contributed by atoms with E-state index in [9.17, 15) is 12.8 Å². The number of sulfone groups is 1. The van der Waals surface area contributed by atoms with Crippen molar-refractivity contribution in [1.29, 1.82) is 0 Å². The molecule has 36 heavy (non-hydrogen) atoms. The van der Waals surface area contributed by atoms with Crippen molar-refractivity contribution in [3.8, 4) is 17.1 Å². The van der Waals surface area contributed by atoms with Gasteiger partial charge in [-0.1, -0.05) is 19.4 Å². The monoisotopic (exact) mass is 511 g/mol. The predicted octanol–water partition coefficient (Wildman–Crippen LogP) is 4.26. The van der Waals surface area contributed by atoms with Gasteiger partial charge in [0.2, 0.25) is 5.95 Å². The van der Waals surface area contributed by atoms with Crippen LogP contribution >= 0.6 is 0 Å². The van der Waals surface area contributed by atoms with Crippen LogP contribution in [0.2, 0.25) is 0 Å². The smallest absolute Gasteiger partial charge is 0.316 e. The quantitative estimate of drug-likeness (QED) is 0.443. The summed E-state index contributed by atoms with van der Waals surface area (Å²) in [6.07, 6.45) is 14.3. The molecular formula is C26H30FN5O3S. The van der Waals surface area contributed by atoms with Crippen LogP contribution in [0, 0.1) is 11.7 Å². The van der Waals surface area contributed by atoms with Gasteiger partial charge in [-0.3, -0.25) is 0 Å². The number of rotatable bonds is 8. The molecule has 0 spiro atoms. The van der Waals surface area contributed by atoms with Crippen LogP contribution in [0.15, 0.2) is 47.9 Å². The van der Waals surface area contributed by atoms with E-state index in [1.165, 1.54) is 30.1 Å². The SMILES string of the molecule is CCCc1cnc(N2C3CCC2CC(COc2ncc(-c4ccc(S(C)(=O)=O)cc4F)cn2)C3)nc1. The highest BCUT2D eigenvalue weighted by Gasteiger charge is 2.42. The van der Waals surface area contributed by atoms with Gasteiger partial charge in [-0.25, -0.2) is 32.7 Å². The fourth-order valence-corrected chi connectivity index (χ4v) is 5.97. The fourth-order valence-electron chi connectivity index (χ4n) is 5.33. The summed E-state index contributed by atoms with van der Waals surface area (Å²) in [6, 6.07) is 4.89. The molecule has 5 rings (SSSR count). The second-order valence-electron chi connectivity index (χ2n) is 9.75. The topological polar surface area (TPSA) is 98.2 Å². The zero-order chi connectivity index (χ0) is 25.3. The first-order valence-corrected chi connectivity index (χ1v) is 14.2. The van der Waals surface area contributed by atoms with E-state index < -0.39 is 15.7 Å². The molecule has 2 unspecified atom stereocenters. The lowest BCUT2D eigenvalue weighted by Crippen LogP contribution is -2.45. The predicted molar refractivity (Wildman–Crippen MR) is 134 cm³/mol. The highest BCUT2D eigenvalue weighted by atomic mass is 32.2. The van der Waals surface area contributed by atoms with Crippen molar-refractivity contribution >= 4 is 15.8 Å². The molecule has 0 aliphatic carbocycles. The Kier molecular flexibility index (Phi) is 6.87. The Hall–Kier alpha value is -3.14. The molecule has 1 aromatic carbocycles. The lowest BCUT2D eigenvalue weighted by molar-refractivity contribution is 0.191. The maximum atomic E-state index is 14.5. The van der Waals surface area contributed by atoms with Gasteiger partial charge in [0.15, 0.2) is 9.84 Å². The van der Waals surface area contributed by atoms with Gasteiger partial charge in [0.05, 0.1) is 11.5 Å². The number of ether oxygens (including phenoxy) is 1. The van der Waals surface area contributed by atoms with Crippen molar-refractivity contribution in [2.45, 2.75) is 62.4 Å². The van der Waals surface area contributed by atoms with Gasteiger partial charge in [-0.15, -0.1) is 0 Å². The van der Waals surface area contributed by atoms with Crippen LogP contribution in [-0.2, 0) is 16.3 Å². The van der Waals surface area contributed by atoms with Crippen LogP contribution in [-0.4, -0.2) is 53.3 Å². The average molecular weight is 512 g/mol. The van der Waals surface area contributed by atoms with E-state index in [0.29, 0.717) is 30.2 Å². The first-order chi connectivity index (χ1) is 17.3. The highest BCUT2D eigenvalue weighted by Crippen LogP contribution is 2.40. The first-order valence-electron chi connectivity index (χ1n) is 12.4. The second-order valence-corrected chi connectivity index (χ2v) is 11.8. The molecule has 0 N–H and O–H groups in total. The maximum Gasteiger partial charge on any atom is 0.316 e. The van der Waals surface area contributed by atoms with E-state index in [1.54, 1.807) is 0 Å². The van der Waals surface area contributed by atoms with Crippen molar-refractivity contribution < 1.29 is 17.5 Å². The second kappa shape index (κ2) is 10.1. The van der Waals surface area contributed by atoms with Crippen molar-refractivity contribution in [3.63, 3.8) is 0 Å². The number of fused-ring (bicyclic) bond motifs is 2. The molecular weight excluding hydrogens is 481 g/mol. The number of aromatic nitrogens is 4. The molecule has 10 heteroatoms. The number of hydrogen-bond donors (Lipinski definition) is 0. The highest BCUT2D eigenvalue weighted by molar-refractivity contribution is 7.90. The normalized spacial score (nSPS) is 21.5. The van der Waals surface area contributed by atoms with E-state index in [2.05, 4.69) is 31.8 Å². The summed E-state index contributed by atoms with van der Waals surface area (Å²) >= 11 is 0. The Morgan fingerprint density at radius 3 is 2.28 bits per heavy atom. The van der Waals surface area contributed by atoms with Crippen molar-refractivity contribution in [2.75, 3.05) is 17.8 Å². The van der Waals surface area contributed by atoms with E-state index in [-0.39, 0.29) is 16.5 Å². The van der Waals surface area contributed by atoms with E-state index in [0.717, 1.165) is 56.8 Å². The van der Waals surface area contributed by atoms with Crippen LogP contribution in [0.25, 0.3) is 11.1 Å². The molecule has 2 fully saturated rings. The van der Waals surface area contributed by atoms with Crippen LogP contribution in [0.1, 0.15) is 44.6 Å². The lowest BCUT2D eigenvalue weighted by atomic mass is 9.91. The number of halogens is 1. The summed E-state index contributed by atoms with van der Waals surface area (Å²) in [4.78, 5) is 20.1. The Bertz CT molecular complexity index is 1300. The number of aryl methyl sites for hydroxylation is 1. The molecule has 0 amide bonds. The molecule has 0 saturated carbocycles. The zero-order valence-electron chi connectivity index (χ0n) is 20.5. The molecule has 3 aromatic rings. The minimum Gasteiger partial charge on any atom is -0.463 e. The Labute approximate surface area is 210 Å². The van der Waals surface area contributed by atoms with E-state index in [1.807, 2.05) is 12.4 Å². The van der Waals surface area contributed by atoms with Crippen LogP contribution < -0.4 is 9.64 Å². The van der Waals surface area contributed by atoms with Crippen molar-refractivity contribution in [2.24, 2.45) is 5.92 Å². The number of benzene rings is 1. The molecule has 8 nitrogen and oxygen atoms in total. The molecule has 4 heterocycles. The number of nitrogens with zero attached hydrogens (tertiary/aromatic N) is 5. The standard InChI is InChI=1S/C26H30FN5O3S/c1-3-4-17-12-28-25(29-13-17)32-20-5-6-21(32)10-18(9-20)16-35-26-30-14-19(15-31-26)23-8-7-22(11-24(23)27)36(2,33)34/h7-8,11-15,18,20-21H,3-6,9-10,16H2,1-2H3. The summed E-state index contributed by atoms with van der Waals surface area (Å²) in [5.74, 6) is 0.584. The van der Waals surface area contributed by atoms with Crippen LogP contribution in [0.4, 0.5) is 10.3 Å². The largest absolute Gasteiger partial charge is 0.463 e. The first kappa shape index (κ1) is 24.5. The number of anilines is 1. The average Bonchev–Trinajstić information content (AvgIpc) is 3.13. The van der Waals surface area contributed by atoms with Crippen LogP contribution in [0.3, 0.4) is 0 Å². The third-order valence-corrected chi connectivity index (χ3v) is 8.16. The summed E-state index contributed by atoms with van der Waals surface area (Å²) in [5, 5.41) is 0. The number of hydrogen-bond acceptors (Lipinski definition) is 8.